The number of aliphatic carboxylic acids is 2. The van der Waals surface area contributed by atoms with Gasteiger partial charge in [0.1, 0.15) is 6.04 Å². The Bertz CT molecular complexity index is 650. The number of carboxylic acids is 2. The number of carbonyl (C=O) groups is 2. The van der Waals surface area contributed by atoms with E-state index in [1.54, 1.807) is 11.1 Å². The summed E-state index contributed by atoms with van der Waals surface area (Å²) in [6.07, 6.45) is 1.60. The standard InChI is InChI=1S/C15H18N2O4/c1-2-17(8-7-13(18)19)14(15(20)21)11-9-16-12-6-4-3-5-10(11)12/h3-6,9,14,16H,2,7-8H2,1H3,(H,18,19)(H,20,21). The second kappa shape index (κ2) is 6.41. The fourth-order valence-electron chi connectivity index (χ4n) is 2.52. The zero-order valence-corrected chi connectivity index (χ0v) is 11.7. The Morgan fingerprint density at radius 3 is 2.62 bits per heavy atom. The Morgan fingerprint density at radius 1 is 1.29 bits per heavy atom. The topological polar surface area (TPSA) is 93.6 Å². The molecule has 0 aliphatic carbocycles. The molecule has 2 aromatic rings. The fraction of sp³-hybridized carbons (Fsp3) is 0.333. The molecule has 0 radical (unpaired) electrons. The molecular weight excluding hydrogens is 272 g/mol. The number of likely N-dealkylation sites (N-methyl/N-ethyl adjacent to an activating group) is 1. The van der Waals surface area contributed by atoms with Gasteiger partial charge in [-0.05, 0) is 12.6 Å². The predicted molar refractivity (Wildman–Crippen MR) is 78.2 cm³/mol. The molecule has 6 heteroatoms. The van der Waals surface area contributed by atoms with Crippen LogP contribution in [0.25, 0.3) is 10.9 Å². The second-order valence-electron chi connectivity index (χ2n) is 4.80. The van der Waals surface area contributed by atoms with Crippen LogP contribution in [-0.2, 0) is 9.59 Å². The Labute approximate surface area is 122 Å². The summed E-state index contributed by atoms with van der Waals surface area (Å²) >= 11 is 0. The molecule has 6 nitrogen and oxygen atoms in total. The maximum Gasteiger partial charge on any atom is 0.325 e. The Kier molecular flexibility index (Phi) is 4.59. The molecule has 0 aliphatic heterocycles. The van der Waals surface area contributed by atoms with Gasteiger partial charge in [0.25, 0.3) is 0 Å². The lowest BCUT2D eigenvalue weighted by Gasteiger charge is -2.26. The van der Waals surface area contributed by atoms with Crippen LogP contribution in [0.3, 0.4) is 0 Å². The number of hydrogen-bond donors (Lipinski definition) is 3. The molecule has 21 heavy (non-hydrogen) atoms. The quantitative estimate of drug-likeness (QED) is 0.726. The number of nitrogens with zero attached hydrogens (tertiary/aromatic N) is 1. The summed E-state index contributed by atoms with van der Waals surface area (Å²) in [4.78, 5) is 27.1. The lowest BCUT2D eigenvalue weighted by Crippen LogP contribution is -2.35. The minimum absolute atomic E-state index is 0.0834. The molecule has 0 saturated carbocycles. The van der Waals surface area contributed by atoms with E-state index < -0.39 is 18.0 Å². The van der Waals surface area contributed by atoms with Gasteiger partial charge in [0.2, 0.25) is 0 Å². The smallest absolute Gasteiger partial charge is 0.325 e. The van der Waals surface area contributed by atoms with Crippen LogP contribution in [0.2, 0.25) is 0 Å². The van der Waals surface area contributed by atoms with Gasteiger partial charge in [-0.2, -0.15) is 0 Å². The van der Waals surface area contributed by atoms with Crippen molar-refractivity contribution in [3.63, 3.8) is 0 Å². The summed E-state index contributed by atoms with van der Waals surface area (Å²) in [5, 5.41) is 19.2. The monoisotopic (exact) mass is 290 g/mol. The maximum absolute atomic E-state index is 11.7. The van der Waals surface area contributed by atoms with Crippen LogP contribution in [0.1, 0.15) is 24.9 Å². The normalized spacial score (nSPS) is 12.7. The number of aromatic amines is 1. The highest BCUT2D eigenvalue weighted by Gasteiger charge is 2.28. The number of fused-ring (bicyclic) bond motifs is 1. The Balaban J connectivity index is 2.37. The third-order valence-corrected chi connectivity index (χ3v) is 3.53. The second-order valence-corrected chi connectivity index (χ2v) is 4.80. The average molecular weight is 290 g/mol. The SMILES string of the molecule is CCN(CCC(=O)O)C(C(=O)O)c1c[nH]c2ccccc12. The zero-order valence-electron chi connectivity index (χ0n) is 11.7. The molecule has 1 aromatic heterocycles. The molecule has 0 amide bonds. The van der Waals surface area contributed by atoms with Crippen LogP contribution < -0.4 is 0 Å². The number of carboxylic acid groups (broad SMARTS) is 2. The van der Waals surface area contributed by atoms with E-state index in [-0.39, 0.29) is 13.0 Å². The Morgan fingerprint density at radius 2 is 2.00 bits per heavy atom. The van der Waals surface area contributed by atoms with Crippen molar-refractivity contribution in [2.24, 2.45) is 0 Å². The molecule has 0 bridgehead atoms. The van der Waals surface area contributed by atoms with Gasteiger partial charge in [-0.3, -0.25) is 14.5 Å². The van der Waals surface area contributed by atoms with Crippen molar-refractivity contribution in [1.82, 2.24) is 9.88 Å². The van der Waals surface area contributed by atoms with Gasteiger partial charge in [0.15, 0.2) is 0 Å². The molecule has 1 aromatic carbocycles. The van der Waals surface area contributed by atoms with Gasteiger partial charge in [0, 0.05) is 29.2 Å². The average Bonchev–Trinajstić information content (AvgIpc) is 2.86. The minimum Gasteiger partial charge on any atom is -0.481 e. The van der Waals surface area contributed by atoms with Crippen molar-refractivity contribution in [2.45, 2.75) is 19.4 Å². The van der Waals surface area contributed by atoms with E-state index in [0.717, 1.165) is 10.9 Å². The number of para-hydroxylation sites is 1. The summed E-state index contributed by atoms with van der Waals surface area (Å²) in [5.41, 5.74) is 1.53. The number of rotatable bonds is 7. The van der Waals surface area contributed by atoms with Gasteiger partial charge in [-0.1, -0.05) is 25.1 Å². The minimum atomic E-state index is -0.980. The lowest BCUT2D eigenvalue weighted by molar-refractivity contribution is -0.145. The van der Waals surface area contributed by atoms with E-state index in [2.05, 4.69) is 4.98 Å². The molecule has 0 saturated heterocycles. The first kappa shape index (κ1) is 15.1. The van der Waals surface area contributed by atoms with E-state index in [4.69, 9.17) is 5.11 Å². The molecule has 112 valence electrons. The van der Waals surface area contributed by atoms with E-state index in [9.17, 15) is 14.7 Å². The molecule has 2 rings (SSSR count). The van der Waals surface area contributed by atoms with Crippen molar-refractivity contribution in [3.8, 4) is 0 Å². The van der Waals surface area contributed by atoms with Crippen LogP contribution in [0.4, 0.5) is 0 Å². The highest BCUT2D eigenvalue weighted by molar-refractivity contribution is 5.89. The highest BCUT2D eigenvalue weighted by Crippen LogP contribution is 2.28. The maximum atomic E-state index is 11.7. The van der Waals surface area contributed by atoms with E-state index in [1.807, 2.05) is 31.2 Å². The molecule has 1 heterocycles. The van der Waals surface area contributed by atoms with Crippen LogP contribution >= 0.6 is 0 Å². The van der Waals surface area contributed by atoms with Gasteiger partial charge < -0.3 is 15.2 Å². The van der Waals surface area contributed by atoms with Crippen molar-refractivity contribution in [2.75, 3.05) is 13.1 Å². The summed E-state index contributed by atoms with van der Waals surface area (Å²) < 4.78 is 0. The summed E-state index contributed by atoms with van der Waals surface area (Å²) in [6, 6.07) is 6.62. The molecule has 0 aliphatic rings. The predicted octanol–water partition coefficient (Wildman–Crippen LogP) is 2.09. The van der Waals surface area contributed by atoms with E-state index in [1.165, 1.54) is 0 Å². The van der Waals surface area contributed by atoms with Crippen molar-refractivity contribution in [3.05, 3.63) is 36.0 Å². The summed E-state index contributed by atoms with van der Waals surface area (Å²) in [5.74, 6) is -1.91. The molecule has 0 fully saturated rings. The molecule has 0 spiro atoms. The number of nitrogens with one attached hydrogen (secondary N) is 1. The van der Waals surface area contributed by atoms with Gasteiger partial charge >= 0.3 is 11.9 Å². The molecule has 3 N–H and O–H groups in total. The van der Waals surface area contributed by atoms with Gasteiger partial charge in [-0.25, -0.2) is 0 Å². The van der Waals surface area contributed by atoms with Crippen LogP contribution in [-0.4, -0.2) is 45.1 Å². The zero-order chi connectivity index (χ0) is 15.4. The third kappa shape index (κ3) is 3.22. The summed E-state index contributed by atoms with van der Waals surface area (Å²) in [6.45, 7) is 2.48. The van der Waals surface area contributed by atoms with Gasteiger partial charge in [0.05, 0.1) is 6.42 Å². The Hall–Kier alpha value is -2.34. The van der Waals surface area contributed by atoms with Crippen LogP contribution in [0, 0.1) is 0 Å². The molecule has 1 atom stereocenters. The van der Waals surface area contributed by atoms with Crippen molar-refractivity contribution in [1.29, 1.82) is 0 Å². The first-order valence-corrected chi connectivity index (χ1v) is 6.79. The van der Waals surface area contributed by atoms with Crippen molar-refractivity contribution >= 4 is 22.8 Å². The van der Waals surface area contributed by atoms with Gasteiger partial charge in [-0.15, -0.1) is 0 Å². The first-order chi connectivity index (χ1) is 10.0. The lowest BCUT2D eigenvalue weighted by atomic mass is 10.0. The molecule has 1 unspecified atom stereocenters. The fourth-order valence-corrected chi connectivity index (χ4v) is 2.52. The third-order valence-electron chi connectivity index (χ3n) is 3.53. The number of hydrogen-bond acceptors (Lipinski definition) is 3. The highest BCUT2D eigenvalue weighted by atomic mass is 16.4. The van der Waals surface area contributed by atoms with Crippen molar-refractivity contribution < 1.29 is 19.8 Å². The number of H-pyrrole nitrogens is 1. The molecular formula is C15H18N2O4. The van der Waals surface area contributed by atoms with Crippen LogP contribution in [0.15, 0.2) is 30.5 Å². The van der Waals surface area contributed by atoms with E-state index in [0.29, 0.717) is 12.1 Å². The number of benzene rings is 1. The first-order valence-electron chi connectivity index (χ1n) is 6.79. The summed E-state index contributed by atoms with van der Waals surface area (Å²) in [7, 11) is 0. The number of aromatic nitrogens is 1. The van der Waals surface area contributed by atoms with E-state index >= 15 is 0 Å². The largest absolute Gasteiger partial charge is 0.481 e. The van der Waals surface area contributed by atoms with Crippen LogP contribution in [0.5, 0.6) is 0 Å².